The number of carbonyl (C=O) groups is 1. The standard InChI is InChI=1S/C14H16N4O3/c1-3-20-13(19)14(6-4-7-14)12-17-11(18-21-12)10-5-8-15-9(2)16-10/h5,8H,3-4,6-7H2,1-2H3. The van der Waals surface area contributed by atoms with Crippen LogP contribution in [0.3, 0.4) is 0 Å². The van der Waals surface area contributed by atoms with Crippen molar-refractivity contribution in [2.75, 3.05) is 6.61 Å². The van der Waals surface area contributed by atoms with Gasteiger partial charge in [-0.3, -0.25) is 4.79 Å². The first kappa shape index (κ1) is 13.7. The molecule has 1 saturated carbocycles. The molecular weight excluding hydrogens is 272 g/mol. The lowest BCUT2D eigenvalue weighted by Crippen LogP contribution is -2.44. The maximum absolute atomic E-state index is 12.2. The SMILES string of the molecule is CCOC(=O)C1(c2nc(-c3ccnc(C)n3)no2)CCC1. The molecule has 1 aliphatic carbocycles. The van der Waals surface area contributed by atoms with E-state index in [4.69, 9.17) is 9.26 Å². The van der Waals surface area contributed by atoms with Gasteiger partial charge < -0.3 is 9.26 Å². The van der Waals surface area contributed by atoms with Gasteiger partial charge in [0.15, 0.2) is 0 Å². The number of esters is 1. The van der Waals surface area contributed by atoms with Gasteiger partial charge in [0.1, 0.15) is 16.9 Å². The first-order valence-corrected chi connectivity index (χ1v) is 6.97. The molecule has 3 rings (SSSR count). The van der Waals surface area contributed by atoms with Gasteiger partial charge in [-0.1, -0.05) is 11.6 Å². The van der Waals surface area contributed by atoms with Gasteiger partial charge >= 0.3 is 5.97 Å². The molecule has 0 aliphatic heterocycles. The van der Waals surface area contributed by atoms with E-state index in [2.05, 4.69) is 20.1 Å². The first-order valence-electron chi connectivity index (χ1n) is 6.97. The highest BCUT2D eigenvalue weighted by Gasteiger charge is 2.52. The fraction of sp³-hybridized carbons (Fsp3) is 0.500. The van der Waals surface area contributed by atoms with E-state index < -0.39 is 5.41 Å². The zero-order chi connectivity index (χ0) is 14.9. The van der Waals surface area contributed by atoms with Crippen LogP contribution < -0.4 is 0 Å². The van der Waals surface area contributed by atoms with Crippen molar-refractivity contribution in [3.63, 3.8) is 0 Å². The largest absolute Gasteiger partial charge is 0.465 e. The summed E-state index contributed by atoms with van der Waals surface area (Å²) in [6.07, 6.45) is 3.94. The Bertz CT molecular complexity index is 664. The number of ether oxygens (including phenoxy) is 1. The summed E-state index contributed by atoms with van der Waals surface area (Å²) >= 11 is 0. The normalized spacial score (nSPS) is 16.3. The fourth-order valence-electron chi connectivity index (χ4n) is 2.41. The highest BCUT2D eigenvalue weighted by Crippen LogP contribution is 2.44. The summed E-state index contributed by atoms with van der Waals surface area (Å²) in [5.41, 5.74) is -0.195. The Labute approximate surface area is 121 Å². The molecule has 21 heavy (non-hydrogen) atoms. The third-order valence-corrected chi connectivity index (χ3v) is 3.71. The van der Waals surface area contributed by atoms with E-state index in [0.29, 0.717) is 42.7 Å². The van der Waals surface area contributed by atoms with Crippen LogP contribution in [0.25, 0.3) is 11.5 Å². The van der Waals surface area contributed by atoms with Crippen molar-refractivity contribution in [2.45, 2.75) is 38.5 Å². The van der Waals surface area contributed by atoms with Gasteiger partial charge in [-0.05, 0) is 32.8 Å². The third kappa shape index (κ3) is 2.28. The molecule has 1 fully saturated rings. The predicted molar refractivity (Wildman–Crippen MR) is 72.2 cm³/mol. The van der Waals surface area contributed by atoms with E-state index in [1.54, 1.807) is 26.1 Å². The van der Waals surface area contributed by atoms with Crippen LogP contribution in [0.5, 0.6) is 0 Å². The Morgan fingerprint density at radius 3 is 2.86 bits per heavy atom. The molecule has 0 radical (unpaired) electrons. The maximum atomic E-state index is 12.2. The molecule has 0 amide bonds. The quantitative estimate of drug-likeness (QED) is 0.792. The number of nitrogens with zero attached hydrogens (tertiary/aromatic N) is 4. The van der Waals surface area contributed by atoms with Gasteiger partial charge in [-0.25, -0.2) is 9.97 Å². The van der Waals surface area contributed by atoms with E-state index in [1.807, 2.05) is 0 Å². The minimum atomic E-state index is -0.774. The van der Waals surface area contributed by atoms with Crippen LogP contribution in [0, 0.1) is 6.92 Å². The second kappa shape index (κ2) is 5.23. The van der Waals surface area contributed by atoms with Crippen LogP contribution in [0.15, 0.2) is 16.8 Å². The molecule has 0 N–H and O–H groups in total. The maximum Gasteiger partial charge on any atom is 0.321 e. The molecule has 0 aromatic carbocycles. The molecular formula is C14H16N4O3. The van der Waals surface area contributed by atoms with Crippen molar-refractivity contribution in [3.8, 4) is 11.5 Å². The van der Waals surface area contributed by atoms with E-state index in [0.717, 1.165) is 6.42 Å². The zero-order valence-electron chi connectivity index (χ0n) is 12.0. The molecule has 2 heterocycles. The fourth-order valence-corrected chi connectivity index (χ4v) is 2.41. The molecule has 2 aromatic rings. The lowest BCUT2D eigenvalue weighted by molar-refractivity contribution is -0.155. The molecule has 2 aromatic heterocycles. The van der Waals surface area contributed by atoms with Crippen LogP contribution in [-0.4, -0.2) is 32.7 Å². The van der Waals surface area contributed by atoms with Crippen LogP contribution in [0.1, 0.15) is 37.9 Å². The predicted octanol–water partition coefficient (Wildman–Crippen LogP) is 1.82. The van der Waals surface area contributed by atoms with Gasteiger partial charge in [-0.2, -0.15) is 4.98 Å². The Morgan fingerprint density at radius 2 is 2.24 bits per heavy atom. The van der Waals surface area contributed by atoms with Gasteiger partial charge in [-0.15, -0.1) is 0 Å². The second-order valence-electron chi connectivity index (χ2n) is 5.07. The second-order valence-corrected chi connectivity index (χ2v) is 5.07. The average molecular weight is 288 g/mol. The topological polar surface area (TPSA) is 91.0 Å². The molecule has 0 saturated heterocycles. The number of hydrogen-bond acceptors (Lipinski definition) is 7. The third-order valence-electron chi connectivity index (χ3n) is 3.71. The van der Waals surface area contributed by atoms with Crippen LogP contribution >= 0.6 is 0 Å². The number of aryl methyl sites for hydroxylation is 1. The van der Waals surface area contributed by atoms with Gasteiger partial charge in [0.2, 0.25) is 11.7 Å². The van der Waals surface area contributed by atoms with Crippen molar-refractivity contribution in [2.24, 2.45) is 0 Å². The molecule has 1 aliphatic rings. The lowest BCUT2D eigenvalue weighted by atomic mass is 9.68. The molecule has 110 valence electrons. The van der Waals surface area contributed by atoms with E-state index in [1.165, 1.54) is 0 Å². The highest BCUT2D eigenvalue weighted by molar-refractivity contribution is 5.83. The molecule has 7 nitrogen and oxygen atoms in total. The molecule has 0 bridgehead atoms. The summed E-state index contributed by atoms with van der Waals surface area (Å²) in [5.74, 6) is 1.03. The summed E-state index contributed by atoms with van der Waals surface area (Å²) in [7, 11) is 0. The lowest BCUT2D eigenvalue weighted by Gasteiger charge is -2.35. The summed E-state index contributed by atoms with van der Waals surface area (Å²) < 4.78 is 10.5. The summed E-state index contributed by atoms with van der Waals surface area (Å²) in [6.45, 7) is 3.91. The summed E-state index contributed by atoms with van der Waals surface area (Å²) in [5, 5.41) is 3.93. The van der Waals surface area contributed by atoms with Crippen LogP contribution in [-0.2, 0) is 14.9 Å². The molecule has 0 unspecified atom stereocenters. The smallest absolute Gasteiger partial charge is 0.321 e. The minimum Gasteiger partial charge on any atom is -0.465 e. The first-order chi connectivity index (χ1) is 10.2. The number of hydrogen-bond donors (Lipinski definition) is 0. The van der Waals surface area contributed by atoms with Crippen molar-refractivity contribution in [3.05, 3.63) is 24.0 Å². The minimum absolute atomic E-state index is 0.287. The van der Waals surface area contributed by atoms with E-state index in [9.17, 15) is 4.79 Å². The average Bonchev–Trinajstić information content (AvgIpc) is 2.88. The van der Waals surface area contributed by atoms with E-state index in [-0.39, 0.29) is 5.97 Å². The van der Waals surface area contributed by atoms with Crippen molar-refractivity contribution < 1.29 is 14.1 Å². The number of aromatic nitrogens is 4. The van der Waals surface area contributed by atoms with Gasteiger partial charge in [0, 0.05) is 6.20 Å². The Balaban J connectivity index is 1.92. The molecule has 0 atom stereocenters. The number of rotatable bonds is 4. The number of carbonyl (C=O) groups excluding carboxylic acids is 1. The zero-order valence-corrected chi connectivity index (χ0v) is 12.0. The van der Waals surface area contributed by atoms with Crippen molar-refractivity contribution >= 4 is 5.97 Å². The molecule has 0 spiro atoms. The Morgan fingerprint density at radius 1 is 1.43 bits per heavy atom. The van der Waals surface area contributed by atoms with Crippen LogP contribution in [0.4, 0.5) is 0 Å². The summed E-state index contributed by atoms with van der Waals surface area (Å²) in [6, 6.07) is 1.71. The van der Waals surface area contributed by atoms with Crippen molar-refractivity contribution in [1.82, 2.24) is 20.1 Å². The van der Waals surface area contributed by atoms with Gasteiger partial charge in [0.05, 0.1) is 6.61 Å². The molecule has 7 heteroatoms. The summed E-state index contributed by atoms with van der Waals surface area (Å²) in [4.78, 5) is 24.8. The highest BCUT2D eigenvalue weighted by atomic mass is 16.5. The Hall–Kier alpha value is -2.31. The van der Waals surface area contributed by atoms with E-state index >= 15 is 0 Å². The Kier molecular flexibility index (Phi) is 3.40. The van der Waals surface area contributed by atoms with Crippen molar-refractivity contribution in [1.29, 1.82) is 0 Å². The van der Waals surface area contributed by atoms with Gasteiger partial charge in [0.25, 0.3) is 0 Å². The monoisotopic (exact) mass is 288 g/mol. The van der Waals surface area contributed by atoms with Crippen LogP contribution in [0.2, 0.25) is 0 Å².